The molecule has 0 aliphatic heterocycles. The number of halogens is 2. The first-order valence-electron chi connectivity index (χ1n) is 9.34. The average Bonchev–Trinajstić information content (AvgIpc) is 2.72. The number of nitrogens with zero attached hydrogens (tertiary/aromatic N) is 1. The quantitative estimate of drug-likeness (QED) is 0.502. The Morgan fingerprint density at radius 1 is 1.10 bits per heavy atom. The zero-order chi connectivity index (χ0) is 21.4. The molecule has 2 rings (SSSR count). The minimum atomic E-state index is -0.408. The maximum Gasteiger partial charge on any atom is 0.255 e. The van der Waals surface area contributed by atoms with E-state index >= 15 is 0 Å². The number of carbonyl (C=O) groups excluding carboxylic acids is 2. The van der Waals surface area contributed by atoms with Crippen molar-refractivity contribution in [3.05, 3.63) is 56.9 Å². The van der Waals surface area contributed by atoms with Gasteiger partial charge in [-0.2, -0.15) is 0 Å². The summed E-state index contributed by atoms with van der Waals surface area (Å²) in [4.78, 5) is 27.2. The average molecular weight is 513 g/mol. The van der Waals surface area contributed by atoms with Crippen LogP contribution in [0.25, 0.3) is 0 Å². The second-order valence-corrected chi connectivity index (χ2v) is 7.44. The Bertz CT molecular complexity index is 855. The summed E-state index contributed by atoms with van der Waals surface area (Å²) in [5, 5.41) is 5.68. The minimum absolute atomic E-state index is 0.233. The highest BCUT2D eigenvalue weighted by Crippen LogP contribution is 2.29. The van der Waals surface area contributed by atoms with Crippen molar-refractivity contribution >= 4 is 40.1 Å². The van der Waals surface area contributed by atoms with Crippen LogP contribution in [0.3, 0.4) is 0 Å². The van der Waals surface area contributed by atoms with E-state index in [1.165, 1.54) is 31.4 Å². The smallest absolute Gasteiger partial charge is 0.255 e. The second-order valence-electron chi connectivity index (χ2n) is 6.28. The van der Waals surface area contributed by atoms with Crippen molar-refractivity contribution in [3.8, 4) is 5.75 Å². The fourth-order valence-corrected chi connectivity index (χ4v) is 3.36. The molecule has 29 heavy (non-hydrogen) atoms. The molecule has 0 bridgehead atoms. The van der Waals surface area contributed by atoms with Gasteiger partial charge in [0, 0.05) is 28.3 Å². The van der Waals surface area contributed by atoms with Crippen molar-refractivity contribution in [2.75, 3.05) is 38.6 Å². The van der Waals surface area contributed by atoms with E-state index in [1.807, 2.05) is 0 Å². The van der Waals surface area contributed by atoms with Gasteiger partial charge in [-0.15, -0.1) is 0 Å². The number of amides is 2. The topological polar surface area (TPSA) is 70.7 Å². The Labute approximate surface area is 183 Å². The monoisotopic (exact) mass is 513 g/mol. The lowest BCUT2D eigenvalue weighted by molar-refractivity contribution is 0.0945. The van der Waals surface area contributed by atoms with Crippen molar-refractivity contribution in [2.24, 2.45) is 0 Å². The number of benzene rings is 2. The lowest BCUT2D eigenvalue weighted by Gasteiger charge is -2.18. The summed E-state index contributed by atoms with van der Waals surface area (Å²) < 4.78 is 19.1. The highest BCUT2D eigenvalue weighted by molar-refractivity contribution is 14.1. The van der Waals surface area contributed by atoms with Crippen LogP contribution >= 0.6 is 22.6 Å². The summed E-state index contributed by atoms with van der Waals surface area (Å²) in [5.41, 5.74) is 1.24. The highest BCUT2D eigenvalue weighted by atomic mass is 127. The van der Waals surface area contributed by atoms with E-state index in [2.05, 4.69) is 52.0 Å². The third-order valence-electron chi connectivity index (χ3n) is 4.50. The molecule has 0 fully saturated rings. The molecule has 2 amide bonds. The Balaban J connectivity index is 2.12. The molecule has 0 atom stereocenters. The van der Waals surface area contributed by atoms with Crippen LogP contribution in [-0.2, 0) is 0 Å². The number of anilines is 1. The molecule has 0 spiro atoms. The minimum Gasteiger partial charge on any atom is -0.496 e. The molecule has 2 aromatic carbocycles. The van der Waals surface area contributed by atoms with Crippen LogP contribution in [0.5, 0.6) is 5.75 Å². The predicted octanol–water partition coefficient (Wildman–Crippen LogP) is 3.76. The summed E-state index contributed by atoms with van der Waals surface area (Å²) in [6, 6.07) is 8.56. The van der Waals surface area contributed by atoms with Crippen molar-refractivity contribution in [1.29, 1.82) is 0 Å². The van der Waals surface area contributed by atoms with Crippen molar-refractivity contribution in [2.45, 2.75) is 13.8 Å². The van der Waals surface area contributed by atoms with Crippen molar-refractivity contribution in [3.63, 3.8) is 0 Å². The van der Waals surface area contributed by atoms with E-state index in [0.29, 0.717) is 32.7 Å². The Morgan fingerprint density at radius 2 is 1.76 bits per heavy atom. The molecule has 0 radical (unpaired) electrons. The first-order chi connectivity index (χ1) is 13.9. The van der Waals surface area contributed by atoms with E-state index in [1.54, 1.807) is 12.1 Å². The summed E-state index contributed by atoms with van der Waals surface area (Å²) >= 11 is 2.05. The van der Waals surface area contributed by atoms with E-state index in [-0.39, 0.29) is 11.8 Å². The molecule has 0 aliphatic rings. The molecule has 0 unspecified atom stereocenters. The van der Waals surface area contributed by atoms with Crippen LogP contribution in [0.15, 0.2) is 36.4 Å². The molecule has 0 saturated carbocycles. The van der Waals surface area contributed by atoms with Gasteiger partial charge in [0.2, 0.25) is 0 Å². The maximum absolute atomic E-state index is 13.0. The molecule has 6 nitrogen and oxygen atoms in total. The standard InChI is InChI=1S/C21H25FIN3O3/c1-4-26(5-2)11-10-24-21(28)16-12-17(23)18(13-19(16)29-3)25-20(27)14-6-8-15(22)9-7-14/h6-9,12-13H,4-5,10-11H2,1-3H3,(H,24,28)(H,25,27). The number of nitrogens with one attached hydrogen (secondary N) is 2. The van der Waals surface area contributed by atoms with Gasteiger partial charge in [-0.05, 0) is 66.0 Å². The number of carbonyl (C=O) groups is 2. The number of rotatable bonds is 9. The normalized spacial score (nSPS) is 10.7. The summed E-state index contributed by atoms with van der Waals surface area (Å²) in [6.45, 7) is 7.31. The molecule has 2 aromatic rings. The summed E-state index contributed by atoms with van der Waals surface area (Å²) in [6.07, 6.45) is 0. The van der Waals surface area contributed by atoms with Crippen molar-refractivity contribution in [1.82, 2.24) is 10.2 Å². The number of methoxy groups -OCH3 is 1. The van der Waals surface area contributed by atoms with E-state index in [0.717, 1.165) is 19.6 Å². The van der Waals surface area contributed by atoms with Gasteiger partial charge in [-0.1, -0.05) is 13.8 Å². The third-order valence-corrected chi connectivity index (χ3v) is 5.39. The highest BCUT2D eigenvalue weighted by Gasteiger charge is 2.17. The van der Waals surface area contributed by atoms with Gasteiger partial charge in [0.15, 0.2) is 0 Å². The van der Waals surface area contributed by atoms with Crippen LogP contribution < -0.4 is 15.4 Å². The van der Waals surface area contributed by atoms with Gasteiger partial charge < -0.3 is 20.3 Å². The van der Waals surface area contributed by atoms with Gasteiger partial charge in [-0.3, -0.25) is 9.59 Å². The lowest BCUT2D eigenvalue weighted by atomic mass is 10.1. The van der Waals surface area contributed by atoms with Gasteiger partial charge in [-0.25, -0.2) is 4.39 Å². The Kier molecular flexibility index (Phi) is 8.84. The zero-order valence-electron chi connectivity index (χ0n) is 16.7. The molecular formula is C21H25FIN3O3. The van der Waals surface area contributed by atoms with E-state index in [4.69, 9.17) is 4.74 Å². The molecule has 8 heteroatoms. The number of hydrogen-bond donors (Lipinski definition) is 2. The van der Waals surface area contributed by atoms with Crippen LogP contribution in [-0.4, -0.2) is 50.0 Å². The SMILES string of the molecule is CCN(CC)CCNC(=O)c1cc(I)c(NC(=O)c2ccc(F)cc2)cc1OC. The maximum atomic E-state index is 13.0. The molecule has 2 N–H and O–H groups in total. The largest absolute Gasteiger partial charge is 0.496 e. The molecule has 0 aromatic heterocycles. The lowest BCUT2D eigenvalue weighted by Crippen LogP contribution is -2.35. The van der Waals surface area contributed by atoms with Crippen LogP contribution in [0.1, 0.15) is 34.6 Å². The van der Waals surface area contributed by atoms with Crippen molar-refractivity contribution < 1.29 is 18.7 Å². The van der Waals surface area contributed by atoms with Crippen LogP contribution in [0, 0.1) is 9.39 Å². The Hall–Kier alpha value is -2.20. The van der Waals surface area contributed by atoms with Gasteiger partial charge >= 0.3 is 0 Å². The number of hydrogen-bond acceptors (Lipinski definition) is 4. The molecule has 0 aliphatic carbocycles. The number of likely N-dealkylation sites (N-methyl/N-ethyl adjacent to an activating group) is 1. The summed E-state index contributed by atoms with van der Waals surface area (Å²) in [5.74, 6) is -0.654. The van der Waals surface area contributed by atoms with Crippen LogP contribution in [0.4, 0.5) is 10.1 Å². The number of ether oxygens (including phenoxy) is 1. The van der Waals surface area contributed by atoms with Gasteiger partial charge in [0.05, 0.1) is 18.4 Å². The second kappa shape index (κ2) is 11.1. The molecule has 0 saturated heterocycles. The summed E-state index contributed by atoms with van der Waals surface area (Å²) in [7, 11) is 1.47. The Morgan fingerprint density at radius 3 is 2.34 bits per heavy atom. The first kappa shape index (κ1) is 23.1. The molecular weight excluding hydrogens is 488 g/mol. The molecule has 0 heterocycles. The first-order valence-corrected chi connectivity index (χ1v) is 10.4. The fourth-order valence-electron chi connectivity index (χ4n) is 2.75. The fraction of sp³-hybridized carbons (Fsp3) is 0.333. The molecule has 156 valence electrons. The van der Waals surface area contributed by atoms with E-state index < -0.39 is 5.82 Å². The predicted molar refractivity (Wildman–Crippen MR) is 120 cm³/mol. The van der Waals surface area contributed by atoms with Crippen LogP contribution in [0.2, 0.25) is 0 Å². The van der Waals surface area contributed by atoms with E-state index in [9.17, 15) is 14.0 Å². The zero-order valence-corrected chi connectivity index (χ0v) is 18.9. The third kappa shape index (κ3) is 6.40. The van der Waals surface area contributed by atoms with Gasteiger partial charge in [0.1, 0.15) is 11.6 Å². The van der Waals surface area contributed by atoms with Gasteiger partial charge in [0.25, 0.3) is 11.8 Å².